The average Bonchev–Trinajstić information content (AvgIpc) is 3.36. The minimum Gasteiger partial charge on any atom is -0.485 e. The molecule has 0 unspecified atom stereocenters. The van der Waals surface area contributed by atoms with E-state index in [1.165, 1.54) is 12.1 Å². The van der Waals surface area contributed by atoms with Crippen LogP contribution in [-0.2, 0) is 22.8 Å². The van der Waals surface area contributed by atoms with Gasteiger partial charge in [0.1, 0.15) is 18.2 Å². The van der Waals surface area contributed by atoms with Crippen molar-refractivity contribution < 1.29 is 23.6 Å². The molecule has 0 aliphatic rings. The summed E-state index contributed by atoms with van der Waals surface area (Å²) in [5.74, 6) is -0.979. The first-order valence-corrected chi connectivity index (χ1v) is 11.9. The molecule has 0 aliphatic carbocycles. The van der Waals surface area contributed by atoms with Gasteiger partial charge < -0.3 is 14.1 Å². The number of hydrogen-bond acceptors (Lipinski definition) is 6. The first-order chi connectivity index (χ1) is 17.9. The third-order valence-corrected chi connectivity index (χ3v) is 5.49. The highest BCUT2D eigenvalue weighted by Crippen LogP contribution is 2.24. The molecule has 0 saturated carbocycles. The van der Waals surface area contributed by atoms with Crippen LogP contribution in [0, 0.1) is 12.7 Å². The van der Waals surface area contributed by atoms with Crippen molar-refractivity contribution in [2.45, 2.75) is 39.8 Å². The third kappa shape index (κ3) is 6.78. The number of rotatable bonds is 9. The van der Waals surface area contributed by atoms with Crippen LogP contribution in [0.4, 0.5) is 4.39 Å². The van der Waals surface area contributed by atoms with Gasteiger partial charge in [-0.05, 0) is 48.2 Å². The zero-order valence-corrected chi connectivity index (χ0v) is 20.6. The molecule has 0 bridgehead atoms. The van der Waals surface area contributed by atoms with Gasteiger partial charge in [-0.3, -0.25) is 4.79 Å². The standard InChI is InChI=1S/C28H27FN4O4/c1-3-7-25(34)37-32-28(35)26-27(36-18-20-8-5-4-6-9-20)19(2)30-24(31-26)17-33-15-14-22(16-33)21-10-12-23(29)13-11-21/h4-6,8-16H,3,7,17-18H2,1-2H3,(H,32,35). The lowest BCUT2D eigenvalue weighted by atomic mass is 10.1. The molecule has 0 saturated heterocycles. The largest absolute Gasteiger partial charge is 0.485 e. The van der Waals surface area contributed by atoms with Crippen molar-refractivity contribution in [1.29, 1.82) is 0 Å². The molecule has 1 N–H and O–H groups in total. The maximum absolute atomic E-state index is 13.3. The molecule has 0 aliphatic heterocycles. The average molecular weight is 503 g/mol. The van der Waals surface area contributed by atoms with E-state index in [1.807, 2.05) is 60.3 Å². The van der Waals surface area contributed by atoms with E-state index in [0.29, 0.717) is 17.9 Å². The quantitative estimate of drug-likeness (QED) is 0.324. The number of hydrogen-bond donors (Lipinski definition) is 1. The van der Waals surface area contributed by atoms with E-state index in [1.54, 1.807) is 19.1 Å². The summed E-state index contributed by atoms with van der Waals surface area (Å²) >= 11 is 0. The van der Waals surface area contributed by atoms with Crippen molar-refractivity contribution in [3.05, 3.63) is 102 Å². The van der Waals surface area contributed by atoms with Gasteiger partial charge in [-0.25, -0.2) is 19.2 Å². The van der Waals surface area contributed by atoms with Crippen molar-refractivity contribution in [1.82, 2.24) is 20.0 Å². The molecule has 0 fully saturated rings. The molecule has 0 spiro atoms. The summed E-state index contributed by atoms with van der Waals surface area (Å²) in [6, 6.07) is 17.6. The summed E-state index contributed by atoms with van der Waals surface area (Å²) in [5, 5.41) is 0. The Hall–Kier alpha value is -4.53. The Morgan fingerprint density at radius 3 is 2.49 bits per heavy atom. The molecule has 2 aromatic carbocycles. The normalized spacial score (nSPS) is 10.7. The van der Waals surface area contributed by atoms with Crippen LogP contribution >= 0.6 is 0 Å². The van der Waals surface area contributed by atoms with Gasteiger partial charge in [-0.15, -0.1) is 0 Å². The predicted molar refractivity (Wildman–Crippen MR) is 135 cm³/mol. The van der Waals surface area contributed by atoms with E-state index in [2.05, 4.69) is 15.4 Å². The highest BCUT2D eigenvalue weighted by Gasteiger charge is 2.21. The maximum atomic E-state index is 13.3. The Balaban J connectivity index is 1.58. The highest BCUT2D eigenvalue weighted by molar-refractivity contribution is 5.95. The number of carbonyl (C=O) groups is 2. The molecule has 1 amide bonds. The monoisotopic (exact) mass is 502 g/mol. The Morgan fingerprint density at radius 1 is 1.00 bits per heavy atom. The van der Waals surface area contributed by atoms with Crippen LogP contribution in [0.1, 0.15) is 47.3 Å². The van der Waals surface area contributed by atoms with Gasteiger partial charge in [-0.2, -0.15) is 5.48 Å². The number of halogens is 1. The summed E-state index contributed by atoms with van der Waals surface area (Å²) < 4.78 is 21.1. The second-order valence-electron chi connectivity index (χ2n) is 8.41. The summed E-state index contributed by atoms with van der Waals surface area (Å²) in [6.07, 6.45) is 4.50. The number of nitrogens with zero attached hydrogens (tertiary/aromatic N) is 3. The van der Waals surface area contributed by atoms with E-state index in [0.717, 1.165) is 16.7 Å². The number of ether oxygens (including phenoxy) is 1. The van der Waals surface area contributed by atoms with Gasteiger partial charge in [-0.1, -0.05) is 49.4 Å². The molecule has 4 rings (SSSR count). The van der Waals surface area contributed by atoms with Gasteiger partial charge in [0.05, 0.1) is 12.2 Å². The van der Waals surface area contributed by atoms with E-state index in [-0.39, 0.29) is 36.8 Å². The molecule has 0 atom stereocenters. The molecule has 2 aromatic heterocycles. The zero-order valence-electron chi connectivity index (χ0n) is 20.6. The molecule has 190 valence electrons. The molecule has 8 nitrogen and oxygen atoms in total. The predicted octanol–water partition coefficient (Wildman–Crippen LogP) is 5.01. The second kappa shape index (κ2) is 11.9. The Kier molecular flexibility index (Phi) is 8.25. The zero-order chi connectivity index (χ0) is 26.2. The summed E-state index contributed by atoms with van der Waals surface area (Å²) in [6.45, 7) is 4.04. The molecule has 37 heavy (non-hydrogen) atoms. The van der Waals surface area contributed by atoms with Crippen LogP contribution in [0.25, 0.3) is 11.1 Å². The minimum atomic E-state index is -0.709. The first-order valence-electron chi connectivity index (χ1n) is 11.9. The van der Waals surface area contributed by atoms with Crippen LogP contribution in [0.15, 0.2) is 73.1 Å². The van der Waals surface area contributed by atoms with Crippen molar-refractivity contribution in [2.24, 2.45) is 0 Å². The van der Waals surface area contributed by atoms with Gasteiger partial charge in [0.15, 0.2) is 11.4 Å². The third-order valence-electron chi connectivity index (χ3n) is 5.49. The van der Waals surface area contributed by atoms with E-state index in [4.69, 9.17) is 9.57 Å². The first kappa shape index (κ1) is 25.6. The van der Waals surface area contributed by atoms with Crippen LogP contribution in [0.5, 0.6) is 5.75 Å². The van der Waals surface area contributed by atoms with Gasteiger partial charge in [0.25, 0.3) is 0 Å². The topological polar surface area (TPSA) is 95.3 Å². The fourth-order valence-corrected chi connectivity index (χ4v) is 3.67. The summed E-state index contributed by atoms with van der Waals surface area (Å²) in [7, 11) is 0. The highest BCUT2D eigenvalue weighted by atomic mass is 19.1. The summed E-state index contributed by atoms with van der Waals surface area (Å²) in [5.41, 5.74) is 5.29. The number of aryl methyl sites for hydroxylation is 1. The number of aromatic nitrogens is 3. The van der Waals surface area contributed by atoms with E-state index < -0.39 is 11.9 Å². The number of nitrogens with one attached hydrogen (secondary N) is 1. The molecule has 0 radical (unpaired) electrons. The van der Waals surface area contributed by atoms with Crippen LogP contribution in [0.2, 0.25) is 0 Å². The van der Waals surface area contributed by atoms with Gasteiger partial charge >= 0.3 is 11.9 Å². The lowest BCUT2D eigenvalue weighted by Gasteiger charge is -2.15. The Bertz CT molecular complexity index is 1370. The molecule has 4 aromatic rings. The lowest BCUT2D eigenvalue weighted by molar-refractivity contribution is -0.149. The summed E-state index contributed by atoms with van der Waals surface area (Å²) in [4.78, 5) is 38.6. The number of carbonyl (C=O) groups excluding carboxylic acids is 2. The van der Waals surface area contributed by atoms with Crippen LogP contribution in [0.3, 0.4) is 0 Å². The number of amides is 1. The molecule has 2 heterocycles. The fourth-order valence-electron chi connectivity index (χ4n) is 3.67. The molecule has 9 heteroatoms. The fraction of sp³-hybridized carbons (Fsp3) is 0.214. The van der Waals surface area contributed by atoms with Crippen molar-refractivity contribution >= 4 is 11.9 Å². The Labute approximate surface area is 214 Å². The number of hydroxylamine groups is 1. The van der Waals surface area contributed by atoms with E-state index >= 15 is 0 Å². The van der Waals surface area contributed by atoms with Crippen LogP contribution in [-0.4, -0.2) is 26.4 Å². The minimum absolute atomic E-state index is 0.0337. The van der Waals surface area contributed by atoms with Crippen LogP contribution < -0.4 is 10.2 Å². The van der Waals surface area contributed by atoms with Gasteiger partial charge in [0, 0.05) is 18.8 Å². The molecular weight excluding hydrogens is 475 g/mol. The van der Waals surface area contributed by atoms with E-state index in [9.17, 15) is 14.0 Å². The SMILES string of the molecule is CCCC(=O)ONC(=O)c1nc(Cn2ccc(-c3ccc(F)cc3)c2)nc(C)c1OCc1ccccc1. The second-order valence-corrected chi connectivity index (χ2v) is 8.41. The maximum Gasteiger partial charge on any atom is 0.332 e. The smallest absolute Gasteiger partial charge is 0.332 e. The van der Waals surface area contributed by atoms with Crippen molar-refractivity contribution in [3.63, 3.8) is 0 Å². The molecular formula is C28H27FN4O4. The van der Waals surface area contributed by atoms with Gasteiger partial charge in [0.2, 0.25) is 0 Å². The Morgan fingerprint density at radius 2 is 1.76 bits per heavy atom. The lowest BCUT2D eigenvalue weighted by Crippen LogP contribution is -2.29. The van der Waals surface area contributed by atoms with Crippen molar-refractivity contribution in [2.75, 3.05) is 0 Å². The number of benzene rings is 2. The van der Waals surface area contributed by atoms with Crippen molar-refractivity contribution in [3.8, 4) is 16.9 Å².